The fourth-order valence-electron chi connectivity index (χ4n) is 1.43. The molecule has 6 nitrogen and oxygen atoms in total. The molecule has 120 valence electrons. The number of hydrazone groups is 1. The van der Waals surface area contributed by atoms with E-state index in [1.54, 1.807) is 36.4 Å². The van der Waals surface area contributed by atoms with E-state index in [9.17, 15) is 9.90 Å². The Labute approximate surface area is 160 Å². The molecule has 0 unspecified atom stereocenters. The van der Waals surface area contributed by atoms with E-state index in [0.29, 0.717) is 11.1 Å². The van der Waals surface area contributed by atoms with Crippen molar-refractivity contribution < 1.29 is 39.3 Å². The first-order valence-electron chi connectivity index (χ1n) is 6.42. The summed E-state index contributed by atoms with van der Waals surface area (Å²) in [7, 11) is 0. The summed E-state index contributed by atoms with van der Waals surface area (Å²) in [4.78, 5) is 20.6. The number of carbonyl (C=O) groups excluding carboxylic acids is 2. The van der Waals surface area contributed by atoms with Gasteiger partial charge in [-0.05, 0) is 36.8 Å². The molecule has 2 aromatic carbocycles. The van der Waals surface area contributed by atoms with Gasteiger partial charge in [0.2, 0.25) is 0 Å². The van der Waals surface area contributed by atoms with Crippen molar-refractivity contribution in [2.45, 2.75) is 6.92 Å². The molecule has 0 radical (unpaired) electrons. The van der Waals surface area contributed by atoms with E-state index in [1.807, 2.05) is 6.07 Å². The van der Waals surface area contributed by atoms with Crippen LogP contribution in [-0.2, 0) is 24.3 Å². The SMILES string of the molecule is CC(=O)[O-].O=C(N/N=C/c1cc(Br)ccc1[O-])c1ccccc1.[Zn+2]. The van der Waals surface area contributed by atoms with E-state index in [-0.39, 0.29) is 31.1 Å². The normalized spacial score (nSPS) is 9.42. The Balaban J connectivity index is 0.000000954. The van der Waals surface area contributed by atoms with Gasteiger partial charge in [0, 0.05) is 16.0 Å². The molecule has 0 aliphatic heterocycles. The summed E-state index contributed by atoms with van der Waals surface area (Å²) >= 11 is 3.27. The third kappa shape index (κ3) is 8.55. The average molecular weight is 443 g/mol. The number of benzene rings is 2. The van der Waals surface area contributed by atoms with Crippen LogP contribution in [0.15, 0.2) is 58.1 Å². The average Bonchev–Trinajstić information content (AvgIpc) is 2.51. The molecule has 2 rings (SSSR count). The number of nitrogens with one attached hydrogen (secondary N) is 1. The Morgan fingerprint density at radius 3 is 2.33 bits per heavy atom. The van der Waals surface area contributed by atoms with Gasteiger partial charge in [-0.3, -0.25) is 4.79 Å². The van der Waals surface area contributed by atoms with E-state index < -0.39 is 5.97 Å². The summed E-state index contributed by atoms with van der Waals surface area (Å²) in [5.74, 6) is -1.56. The third-order valence-corrected chi connectivity index (χ3v) is 2.87. The van der Waals surface area contributed by atoms with Gasteiger partial charge in [0.05, 0.1) is 6.21 Å². The molecule has 0 spiro atoms. The van der Waals surface area contributed by atoms with Crippen LogP contribution in [0.2, 0.25) is 0 Å². The molecule has 24 heavy (non-hydrogen) atoms. The molecule has 1 amide bonds. The first-order chi connectivity index (χ1) is 10.9. The quantitative estimate of drug-likeness (QED) is 0.436. The zero-order chi connectivity index (χ0) is 17.2. The Kier molecular flexibility index (Phi) is 10.5. The largest absolute Gasteiger partial charge is 2.00 e. The van der Waals surface area contributed by atoms with E-state index in [2.05, 4.69) is 26.5 Å². The van der Waals surface area contributed by atoms with E-state index in [1.165, 1.54) is 12.3 Å². The maximum atomic E-state index is 11.7. The molecule has 0 fully saturated rings. The Hall–Kier alpha value is -2.05. The van der Waals surface area contributed by atoms with Crippen molar-refractivity contribution in [3.63, 3.8) is 0 Å². The van der Waals surface area contributed by atoms with Gasteiger partial charge in [-0.1, -0.05) is 45.9 Å². The molecule has 0 atom stereocenters. The maximum absolute atomic E-state index is 11.7. The van der Waals surface area contributed by atoms with Crippen molar-refractivity contribution in [2.24, 2.45) is 5.10 Å². The van der Waals surface area contributed by atoms with Crippen molar-refractivity contribution in [2.75, 3.05) is 0 Å². The van der Waals surface area contributed by atoms with Crippen LogP contribution in [-0.4, -0.2) is 18.1 Å². The zero-order valence-corrected chi connectivity index (χ0v) is 17.4. The van der Waals surface area contributed by atoms with Crippen LogP contribution in [0.3, 0.4) is 0 Å². The topological polar surface area (TPSA) is 105 Å². The van der Waals surface area contributed by atoms with E-state index in [0.717, 1.165) is 11.4 Å². The number of carboxylic acids is 1. The van der Waals surface area contributed by atoms with Gasteiger partial charge >= 0.3 is 19.5 Å². The molecular weight excluding hydrogens is 429 g/mol. The van der Waals surface area contributed by atoms with Gasteiger partial charge in [-0.2, -0.15) is 5.10 Å². The molecule has 0 aliphatic carbocycles. The van der Waals surface area contributed by atoms with Gasteiger partial charge in [-0.25, -0.2) is 5.43 Å². The number of aliphatic carboxylic acids is 1. The summed E-state index contributed by atoms with van der Waals surface area (Å²) in [5, 5.41) is 24.2. The summed E-state index contributed by atoms with van der Waals surface area (Å²) in [5.41, 5.74) is 3.29. The summed E-state index contributed by atoms with van der Waals surface area (Å²) in [6.07, 6.45) is 1.33. The van der Waals surface area contributed by atoms with E-state index >= 15 is 0 Å². The van der Waals surface area contributed by atoms with Crippen LogP contribution in [0.5, 0.6) is 5.75 Å². The van der Waals surface area contributed by atoms with Crippen molar-refractivity contribution in [1.82, 2.24) is 5.43 Å². The van der Waals surface area contributed by atoms with Crippen LogP contribution in [0, 0.1) is 0 Å². The number of halogens is 1. The second-order valence-corrected chi connectivity index (χ2v) is 5.15. The first-order valence-corrected chi connectivity index (χ1v) is 7.22. The van der Waals surface area contributed by atoms with Crippen LogP contribution in [0.1, 0.15) is 22.8 Å². The van der Waals surface area contributed by atoms with Crippen molar-refractivity contribution in [3.8, 4) is 5.75 Å². The minimum atomic E-state index is -1.08. The number of nitrogens with zero attached hydrogens (tertiary/aromatic N) is 1. The van der Waals surface area contributed by atoms with Crippen LogP contribution in [0.4, 0.5) is 0 Å². The van der Waals surface area contributed by atoms with Gasteiger partial charge in [0.25, 0.3) is 5.91 Å². The van der Waals surface area contributed by atoms with Crippen molar-refractivity contribution >= 4 is 34.0 Å². The van der Waals surface area contributed by atoms with Crippen LogP contribution < -0.4 is 15.6 Å². The Morgan fingerprint density at radius 2 is 1.75 bits per heavy atom. The smallest absolute Gasteiger partial charge is 0.872 e. The number of amides is 1. The number of hydrogen-bond donors (Lipinski definition) is 1. The minimum absolute atomic E-state index is 0. The second kappa shape index (κ2) is 11.5. The molecule has 0 saturated carbocycles. The van der Waals surface area contributed by atoms with Crippen molar-refractivity contribution in [1.29, 1.82) is 0 Å². The Bertz CT molecular complexity index is 704. The molecule has 0 aliphatic rings. The summed E-state index contributed by atoms with van der Waals surface area (Å²) in [6, 6.07) is 13.5. The van der Waals surface area contributed by atoms with Crippen LogP contribution in [0.25, 0.3) is 0 Å². The maximum Gasteiger partial charge on any atom is 2.00 e. The minimum Gasteiger partial charge on any atom is -0.872 e. The van der Waals surface area contributed by atoms with Crippen LogP contribution >= 0.6 is 15.9 Å². The fourth-order valence-corrected chi connectivity index (χ4v) is 1.81. The van der Waals surface area contributed by atoms with Gasteiger partial charge in [0.15, 0.2) is 0 Å². The predicted octanol–water partition coefficient (Wildman–Crippen LogP) is 1.04. The number of hydrogen-bond acceptors (Lipinski definition) is 5. The molecule has 0 saturated heterocycles. The molecule has 0 aromatic heterocycles. The molecule has 0 bridgehead atoms. The van der Waals surface area contributed by atoms with Gasteiger partial charge < -0.3 is 15.0 Å². The fraction of sp³-hybridized carbons (Fsp3) is 0.0625. The standard InChI is InChI=1S/C14H11BrN2O2.C2H4O2.Zn/c15-12-6-7-13(18)11(8-12)9-16-17-14(19)10-4-2-1-3-5-10;1-2(3)4;/h1-9,18H,(H,17,19);1H3,(H,3,4);/q;;+2/p-2/b16-9+;;. The number of carboxylic acid groups (broad SMARTS) is 1. The molecule has 2 aromatic rings. The van der Waals surface area contributed by atoms with Crippen molar-refractivity contribution in [3.05, 3.63) is 64.1 Å². The Morgan fingerprint density at radius 1 is 1.17 bits per heavy atom. The third-order valence-electron chi connectivity index (χ3n) is 2.38. The monoisotopic (exact) mass is 440 g/mol. The molecule has 8 heteroatoms. The van der Waals surface area contributed by atoms with E-state index in [4.69, 9.17) is 9.90 Å². The van der Waals surface area contributed by atoms with Gasteiger partial charge in [0.1, 0.15) is 0 Å². The molecule has 1 N–H and O–H groups in total. The first kappa shape index (κ1) is 22.0. The van der Waals surface area contributed by atoms with Gasteiger partial charge in [-0.15, -0.1) is 0 Å². The number of rotatable bonds is 3. The molecule has 0 heterocycles. The predicted molar refractivity (Wildman–Crippen MR) is 85.8 cm³/mol. The molecular formula is C16H13BrN2O4Zn. The number of carbonyl (C=O) groups is 2. The summed E-state index contributed by atoms with van der Waals surface area (Å²) < 4.78 is 0.780. The zero-order valence-electron chi connectivity index (χ0n) is 12.9. The second-order valence-electron chi connectivity index (χ2n) is 4.24. The summed E-state index contributed by atoms with van der Waals surface area (Å²) in [6.45, 7) is 0.972.